The van der Waals surface area contributed by atoms with Gasteiger partial charge in [-0.2, -0.15) is 0 Å². The van der Waals surface area contributed by atoms with Crippen molar-refractivity contribution < 1.29 is 19.8 Å². The van der Waals surface area contributed by atoms with E-state index in [0.29, 0.717) is 12.3 Å². The number of nitrogens with zero attached hydrogens (tertiary/aromatic N) is 1. The Bertz CT molecular complexity index is 379. The van der Waals surface area contributed by atoms with Crippen molar-refractivity contribution in [3.8, 4) is 0 Å². The maximum atomic E-state index is 11.8. The zero-order valence-corrected chi connectivity index (χ0v) is 11.5. The summed E-state index contributed by atoms with van der Waals surface area (Å²) in [7, 11) is 0. The van der Waals surface area contributed by atoms with Crippen LogP contribution >= 0.6 is 23.5 Å². The van der Waals surface area contributed by atoms with E-state index >= 15 is 0 Å². The summed E-state index contributed by atoms with van der Waals surface area (Å²) in [5, 5.41) is 18.7. The van der Waals surface area contributed by atoms with Gasteiger partial charge in [0.2, 0.25) is 5.91 Å². The van der Waals surface area contributed by atoms with Gasteiger partial charge in [-0.1, -0.05) is 0 Å². The number of nitrogens with two attached hydrogens (primary N) is 1. The lowest BCUT2D eigenvalue weighted by molar-refractivity contribution is -0.155. The average molecular weight is 292 g/mol. The fraction of sp³-hybridized carbons (Fsp3) is 0.800. The summed E-state index contributed by atoms with van der Waals surface area (Å²) in [6, 6.07) is 0. The summed E-state index contributed by atoms with van der Waals surface area (Å²) in [4.78, 5) is 24.8. The molecule has 2 rings (SSSR count). The van der Waals surface area contributed by atoms with Crippen LogP contribution in [0.2, 0.25) is 0 Å². The molecular weight excluding hydrogens is 276 g/mol. The molecule has 102 valence electrons. The van der Waals surface area contributed by atoms with E-state index in [1.807, 2.05) is 0 Å². The van der Waals surface area contributed by atoms with Crippen LogP contribution in [0.25, 0.3) is 0 Å². The molecule has 3 unspecified atom stereocenters. The van der Waals surface area contributed by atoms with Gasteiger partial charge in [0.15, 0.2) is 4.08 Å². The van der Waals surface area contributed by atoms with Gasteiger partial charge in [-0.05, 0) is 6.92 Å². The van der Waals surface area contributed by atoms with Crippen molar-refractivity contribution in [1.82, 2.24) is 4.90 Å². The first-order valence-corrected chi connectivity index (χ1v) is 7.53. The van der Waals surface area contributed by atoms with E-state index in [2.05, 4.69) is 0 Å². The monoisotopic (exact) mass is 292 g/mol. The first-order chi connectivity index (χ1) is 8.43. The fourth-order valence-corrected chi connectivity index (χ4v) is 5.36. The average Bonchev–Trinajstić information content (AvgIpc) is 2.62. The SMILES string of the molecule is CC(O)C1C(=O)N2CC(SCCN)(C(=O)O)S[C@H]12. The van der Waals surface area contributed by atoms with Crippen molar-refractivity contribution in [3.05, 3.63) is 0 Å². The zero-order chi connectivity index (χ0) is 13.5. The highest BCUT2D eigenvalue weighted by Gasteiger charge is 2.62. The van der Waals surface area contributed by atoms with Gasteiger partial charge < -0.3 is 20.8 Å². The molecule has 4 atom stereocenters. The summed E-state index contributed by atoms with van der Waals surface area (Å²) in [5.41, 5.74) is 5.41. The van der Waals surface area contributed by atoms with Crippen LogP contribution < -0.4 is 5.73 Å². The van der Waals surface area contributed by atoms with Crippen LogP contribution in [0.3, 0.4) is 0 Å². The first-order valence-electron chi connectivity index (χ1n) is 5.67. The summed E-state index contributed by atoms with van der Waals surface area (Å²) in [6.07, 6.45) is -0.740. The number of amides is 1. The third-order valence-electron chi connectivity index (χ3n) is 3.17. The molecule has 2 heterocycles. The van der Waals surface area contributed by atoms with Gasteiger partial charge in [0.25, 0.3) is 0 Å². The van der Waals surface area contributed by atoms with Crippen molar-refractivity contribution >= 4 is 35.4 Å². The first kappa shape index (κ1) is 14.0. The van der Waals surface area contributed by atoms with Crippen LogP contribution in [-0.4, -0.2) is 61.4 Å². The maximum absolute atomic E-state index is 11.8. The third kappa shape index (κ3) is 2.01. The van der Waals surface area contributed by atoms with E-state index in [4.69, 9.17) is 5.73 Å². The smallest absolute Gasteiger partial charge is 0.332 e. The van der Waals surface area contributed by atoms with Crippen molar-refractivity contribution in [3.63, 3.8) is 0 Å². The van der Waals surface area contributed by atoms with Gasteiger partial charge in [0.05, 0.1) is 23.9 Å². The molecule has 6 nitrogen and oxygen atoms in total. The lowest BCUT2D eigenvalue weighted by atomic mass is 9.93. The Hall–Kier alpha value is -0.440. The Morgan fingerprint density at radius 2 is 2.44 bits per heavy atom. The number of aliphatic hydroxyl groups is 1. The molecule has 1 amide bonds. The Morgan fingerprint density at radius 1 is 1.78 bits per heavy atom. The van der Waals surface area contributed by atoms with E-state index in [0.717, 1.165) is 0 Å². The lowest BCUT2D eigenvalue weighted by Crippen LogP contribution is -2.60. The molecule has 0 bridgehead atoms. The highest BCUT2D eigenvalue weighted by atomic mass is 32.2. The van der Waals surface area contributed by atoms with Crippen LogP contribution in [0.1, 0.15) is 6.92 Å². The third-order valence-corrected chi connectivity index (χ3v) is 6.50. The molecule has 18 heavy (non-hydrogen) atoms. The summed E-state index contributed by atoms with van der Waals surface area (Å²) < 4.78 is -1.04. The molecule has 0 aliphatic carbocycles. The molecule has 0 spiro atoms. The summed E-state index contributed by atoms with van der Waals surface area (Å²) in [5.74, 6) is -1.03. The number of rotatable bonds is 5. The standard InChI is InChI=1S/C10H16N2O4S2/c1-5(13)6-7(14)12-4-10(9(15)16,17-3-2-11)18-8(6)12/h5-6,8,13H,2-4,11H2,1H3,(H,15,16)/t5?,6?,8-,10?/m1/s1. The molecule has 2 saturated heterocycles. The minimum atomic E-state index is -1.04. The molecule has 0 aromatic heterocycles. The van der Waals surface area contributed by atoms with E-state index in [-0.39, 0.29) is 17.8 Å². The van der Waals surface area contributed by atoms with Gasteiger partial charge in [-0.25, -0.2) is 4.79 Å². The molecule has 0 saturated carbocycles. The second-order valence-corrected chi connectivity index (χ2v) is 7.50. The molecule has 0 radical (unpaired) electrons. The van der Waals surface area contributed by atoms with Crippen LogP contribution in [0.4, 0.5) is 0 Å². The molecular formula is C10H16N2O4S2. The lowest BCUT2D eigenvalue weighted by Gasteiger charge is -2.42. The van der Waals surface area contributed by atoms with Gasteiger partial charge in [-0.15, -0.1) is 23.5 Å². The summed E-state index contributed by atoms with van der Waals surface area (Å²) in [6.45, 7) is 2.15. The van der Waals surface area contributed by atoms with Crippen molar-refractivity contribution in [2.75, 3.05) is 18.8 Å². The van der Waals surface area contributed by atoms with E-state index in [1.165, 1.54) is 23.5 Å². The van der Waals surface area contributed by atoms with Crippen LogP contribution in [0, 0.1) is 5.92 Å². The number of carboxylic acid groups (broad SMARTS) is 1. The quantitative estimate of drug-likeness (QED) is 0.580. The maximum Gasteiger partial charge on any atom is 0.332 e. The topological polar surface area (TPSA) is 104 Å². The number of carboxylic acids is 1. The Morgan fingerprint density at radius 3 is 2.94 bits per heavy atom. The number of fused-ring (bicyclic) bond motifs is 1. The van der Waals surface area contributed by atoms with Gasteiger partial charge in [0, 0.05) is 12.3 Å². The van der Waals surface area contributed by atoms with Gasteiger partial charge in [0.1, 0.15) is 0 Å². The number of hydrogen-bond donors (Lipinski definition) is 3. The predicted octanol–water partition coefficient (Wildman–Crippen LogP) is -0.629. The molecule has 4 N–H and O–H groups in total. The number of aliphatic hydroxyl groups excluding tert-OH is 1. The number of aliphatic carboxylic acids is 1. The van der Waals surface area contributed by atoms with E-state index in [9.17, 15) is 19.8 Å². The van der Waals surface area contributed by atoms with E-state index in [1.54, 1.807) is 11.8 Å². The number of hydrogen-bond acceptors (Lipinski definition) is 6. The molecule has 2 aliphatic heterocycles. The van der Waals surface area contributed by atoms with Crippen LogP contribution in [0.15, 0.2) is 0 Å². The number of thioether (sulfide) groups is 2. The molecule has 2 fully saturated rings. The second kappa shape index (κ2) is 4.92. The van der Waals surface area contributed by atoms with Crippen LogP contribution in [-0.2, 0) is 9.59 Å². The van der Waals surface area contributed by atoms with Crippen LogP contribution in [0.5, 0.6) is 0 Å². The fourth-order valence-electron chi connectivity index (χ4n) is 2.24. The van der Waals surface area contributed by atoms with Crippen molar-refractivity contribution in [2.45, 2.75) is 22.5 Å². The van der Waals surface area contributed by atoms with Crippen molar-refractivity contribution in [1.29, 1.82) is 0 Å². The minimum Gasteiger partial charge on any atom is -0.480 e. The predicted molar refractivity (Wildman–Crippen MR) is 70.1 cm³/mol. The molecule has 0 aromatic carbocycles. The normalized spacial score (nSPS) is 36.2. The Kier molecular flexibility index (Phi) is 3.82. The number of carbonyl (C=O) groups excluding carboxylic acids is 1. The number of carbonyl (C=O) groups is 2. The van der Waals surface area contributed by atoms with Gasteiger partial charge >= 0.3 is 5.97 Å². The largest absolute Gasteiger partial charge is 0.480 e. The molecule has 8 heteroatoms. The van der Waals surface area contributed by atoms with E-state index < -0.39 is 22.1 Å². The number of β-lactam (4-membered cyclic amide) rings is 1. The van der Waals surface area contributed by atoms with Gasteiger partial charge in [-0.3, -0.25) is 4.79 Å². The van der Waals surface area contributed by atoms with Crippen molar-refractivity contribution in [2.24, 2.45) is 11.7 Å². The molecule has 0 aromatic rings. The highest BCUT2D eigenvalue weighted by Crippen LogP contribution is 2.55. The Labute approximate surface area is 113 Å². The minimum absolute atomic E-state index is 0.154. The molecule has 2 aliphatic rings. The second-order valence-electron chi connectivity index (χ2n) is 4.44. The summed E-state index contributed by atoms with van der Waals surface area (Å²) >= 11 is 2.51. The zero-order valence-electron chi connectivity index (χ0n) is 9.91. The Balaban J connectivity index is 2.14. The highest BCUT2D eigenvalue weighted by molar-refractivity contribution is 8.19.